The number of hydrogen-bond acceptors (Lipinski definition) is 10. The average Bonchev–Trinajstić information content (AvgIpc) is 2.81. The molecule has 0 aliphatic rings. The van der Waals surface area contributed by atoms with Gasteiger partial charge in [-0.1, -0.05) is 0 Å². The van der Waals surface area contributed by atoms with Crippen LogP contribution in [-0.4, -0.2) is 101 Å². The lowest BCUT2D eigenvalue weighted by Crippen LogP contribution is -2.36. The van der Waals surface area contributed by atoms with Gasteiger partial charge in [0, 0.05) is 39.2 Å². The summed E-state index contributed by atoms with van der Waals surface area (Å²) in [4.78, 5) is 53.7. The van der Waals surface area contributed by atoms with Crippen LogP contribution in [0.2, 0.25) is 0 Å². The predicted molar refractivity (Wildman–Crippen MR) is 122 cm³/mol. The first kappa shape index (κ1) is 33.7. The molecule has 0 aromatic carbocycles. The molecule has 0 rings (SSSR count). The lowest BCUT2D eigenvalue weighted by atomic mass is 10.3. The van der Waals surface area contributed by atoms with Crippen molar-refractivity contribution in [3.8, 4) is 0 Å². The fraction of sp³-hybridized carbons (Fsp3) is 0.750. The molecule has 15 heteroatoms. The molecule has 35 heavy (non-hydrogen) atoms. The van der Waals surface area contributed by atoms with E-state index in [-0.39, 0.29) is 38.8 Å². The highest BCUT2D eigenvalue weighted by Crippen LogP contribution is 1.97. The Labute approximate surface area is 204 Å². The summed E-state index contributed by atoms with van der Waals surface area (Å²) >= 11 is 0. The van der Waals surface area contributed by atoms with Crippen molar-refractivity contribution in [2.75, 3.05) is 59.7 Å². The van der Waals surface area contributed by atoms with Crippen molar-refractivity contribution in [2.45, 2.75) is 39.7 Å². The first-order valence-corrected chi connectivity index (χ1v) is 11.0. The van der Waals surface area contributed by atoms with Gasteiger partial charge >= 0.3 is 30.3 Å². The van der Waals surface area contributed by atoms with Crippen molar-refractivity contribution >= 4 is 30.3 Å². The first-order valence-electron chi connectivity index (χ1n) is 11.0. The van der Waals surface area contributed by atoms with Crippen molar-refractivity contribution in [1.82, 2.24) is 21.3 Å². The number of amides is 4. The van der Waals surface area contributed by atoms with Crippen molar-refractivity contribution in [3.63, 3.8) is 0 Å². The van der Waals surface area contributed by atoms with Crippen molar-refractivity contribution in [2.24, 2.45) is 0 Å². The Morgan fingerprint density at radius 1 is 0.743 bits per heavy atom. The Balaban J connectivity index is 0. The molecule has 0 heterocycles. The lowest BCUT2D eigenvalue weighted by Gasteiger charge is -2.13. The summed E-state index contributed by atoms with van der Waals surface area (Å²) < 4.78 is 23.7. The molecular formula is C20H38N4O11. The highest BCUT2D eigenvalue weighted by molar-refractivity contribution is 5.69. The summed E-state index contributed by atoms with van der Waals surface area (Å²) in [7, 11) is 1.27. The summed E-state index contributed by atoms with van der Waals surface area (Å²) in [5, 5.41) is 18.2. The van der Waals surface area contributed by atoms with Gasteiger partial charge in [0.15, 0.2) is 0 Å². The third-order valence-corrected chi connectivity index (χ3v) is 3.45. The van der Waals surface area contributed by atoms with Gasteiger partial charge in [-0.15, -0.1) is 0 Å². The number of hydrogen-bond donors (Lipinski definition) is 5. The van der Waals surface area contributed by atoms with E-state index < -0.39 is 30.3 Å². The molecule has 0 bridgehead atoms. The predicted octanol–water partition coefficient (Wildman–Crippen LogP) is 0.817. The molecule has 0 saturated carbocycles. The molecule has 0 aliphatic heterocycles. The molecule has 15 nitrogen and oxygen atoms in total. The van der Waals surface area contributed by atoms with Gasteiger partial charge in [0.25, 0.3) is 0 Å². The van der Waals surface area contributed by atoms with E-state index >= 15 is 0 Å². The Kier molecular flexibility index (Phi) is 22.8. The van der Waals surface area contributed by atoms with Crippen LogP contribution >= 0.6 is 0 Å². The van der Waals surface area contributed by atoms with Gasteiger partial charge < -0.3 is 50.1 Å². The molecule has 0 saturated heterocycles. The van der Waals surface area contributed by atoms with Crippen LogP contribution in [0.25, 0.3) is 0 Å². The number of methoxy groups -OCH3 is 1. The maximum absolute atomic E-state index is 11.3. The standard InChI is InChI=1S/C13H24N2O7.C7H14N2O4/c1-3-20-12(18)14-6-7-15-13(19)22-9-10(2)21-8-4-5-11(16)17;1-3-13-7(11)9-5-4-8-6(10)12-2/h10H,3-9H2,1-2H3,(H,14,18)(H,15,19)(H,16,17);3-5H2,1-2H3,(H,8,10)(H,9,11). The summed E-state index contributed by atoms with van der Waals surface area (Å²) in [6.07, 6.45) is -2.04. The molecule has 4 amide bonds. The summed E-state index contributed by atoms with van der Waals surface area (Å²) in [6, 6.07) is 0. The molecule has 0 aromatic heterocycles. The highest BCUT2D eigenvalue weighted by atomic mass is 16.6. The van der Waals surface area contributed by atoms with Gasteiger partial charge in [-0.25, -0.2) is 19.2 Å². The number of carboxylic acids is 1. The highest BCUT2D eigenvalue weighted by Gasteiger charge is 2.08. The maximum atomic E-state index is 11.3. The second kappa shape index (κ2) is 23.7. The zero-order valence-corrected chi connectivity index (χ0v) is 20.7. The van der Waals surface area contributed by atoms with Gasteiger partial charge in [-0.3, -0.25) is 4.79 Å². The first-order chi connectivity index (χ1) is 16.7. The smallest absolute Gasteiger partial charge is 0.407 e. The molecule has 0 fully saturated rings. The van der Waals surface area contributed by atoms with Gasteiger partial charge in [0.1, 0.15) is 6.61 Å². The summed E-state index contributed by atoms with van der Waals surface area (Å²) in [6.45, 7) is 7.16. The summed E-state index contributed by atoms with van der Waals surface area (Å²) in [5.41, 5.74) is 0. The van der Waals surface area contributed by atoms with Gasteiger partial charge in [-0.05, 0) is 27.2 Å². The van der Waals surface area contributed by atoms with Gasteiger partial charge in [-0.2, -0.15) is 0 Å². The van der Waals surface area contributed by atoms with E-state index in [4.69, 9.17) is 14.6 Å². The van der Waals surface area contributed by atoms with Crippen molar-refractivity contribution in [3.05, 3.63) is 0 Å². The second-order valence-electron chi connectivity index (χ2n) is 6.42. The number of rotatable bonds is 15. The second-order valence-corrected chi connectivity index (χ2v) is 6.42. The van der Waals surface area contributed by atoms with Crippen molar-refractivity contribution in [1.29, 1.82) is 0 Å². The zero-order valence-electron chi connectivity index (χ0n) is 20.7. The quantitative estimate of drug-likeness (QED) is 0.154. The molecule has 0 aromatic rings. The topological polar surface area (TPSA) is 200 Å². The molecule has 5 N–H and O–H groups in total. The SMILES string of the molecule is CCOC(=O)NCCNC(=O)OC.CCOC(=O)NCCNC(=O)OCC(C)OCCCC(=O)O. The monoisotopic (exact) mass is 510 g/mol. The van der Waals surface area contributed by atoms with Crippen LogP contribution in [0.4, 0.5) is 19.2 Å². The fourth-order valence-corrected chi connectivity index (χ4v) is 1.89. The van der Waals surface area contributed by atoms with Gasteiger partial charge in [0.05, 0.1) is 26.4 Å². The Morgan fingerprint density at radius 2 is 1.17 bits per heavy atom. The number of carbonyl (C=O) groups is 5. The minimum atomic E-state index is -0.872. The number of carboxylic acid groups (broad SMARTS) is 1. The van der Waals surface area contributed by atoms with E-state index in [9.17, 15) is 24.0 Å². The van der Waals surface area contributed by atoms with E-state index in [1.807, 2.05) is 0 Å². The molecule has 1 atom stereocenters. The van der Waals surface area contributed by atoms with Crippen LogP contribution in [0, 0.1) is 0 Å². The third kappa shape index (κ3) is 26.6. The van der Waals surface area contributed by atoms with Crippen LogP contribution in [0.15, 0.2) is 0 Å². The number of nitrogens with one attached hydrogen (secondary N) is 4. The Hall–Kier alpha value is -3.49. The number of aliphatic carboxylic acids is 1. The molecule has 0 spiro atoms. The Morgan fingerprint density at radius 3 is 1.57 bits per heavy atom. The normalized spacial score (nSPS) is 10.4. The van der Waals surface area contributed by atoms with E-state index in [0.717, 1.165) is 0 Å². The van der Waals surface area contributed by atoms with Crippen LogP contribution < -0.4 is 21.3 Å². The maximum Gasteiger partial charge on any atom is 0.407 e. The van der Waals surface area contributed by atoms with E-state index in [2.05, 4.69) is 35.5 Å². The third-order valence-electron chi connectivity index (χ3n) is 3.45. The van der Waals surface area contributed by atoms with Crippen LogP contribution in [0.5, 0.6) is 0 Å². The lowest BCUT2D eigenvalue weighted by molar-refractivity contribution is -0.137. The average molecular weight is 511 g/mol. The van der Waals surface area contributed by atoms with Crippen LogP contribution in [0.1, 0.15) is 33.6 Å². The van der Waals surface area contributed by atoms with Crippen LogP contribution in [0.3, 0.4) is 0 Å². The molecule has 204 valence electrons. The largest absolute Gasteiger partial charge is 0.481 e. The number of carbonyl (C=O) groups excluding carboxylic acids is 4. The van der Waals surface area contributed by atoms with Crippen LogP contribution in [-0.2, 0) is 28.5 Å². The molecule has 1 unspecified atom stereocenters. The minimum absolute atomic E-state index is 0.0432. The molecular weight excluding hydrogens is 472 g/mol. The Bertz CT molecular complexity index is 620. The van der Waals surface area contributed by atoms with E-state index in [1.54, 1.807) is 20.8 Å². The minimum Gasteiger partial charge on any atom is -0.481 e. The number of ether oxygens (including phenoxy) is 5. The van der Waals surface area contributed by atoms with Crippen molar-refractivity contribution < 1.29 is 52.8 Å². The summed E-state index contributed by atoms with van der Waals surface area (Å²) in [5.74, 6) is -0.872. The fourth-order valence-electron chi connectivity index (χ4n) is 1.89. The molecule has 0 radical (unpaired) electrons. The van der Waals surface area contributed by atoms with E-state index in [0.29, 0.717) is 32.7 Å². The van der Waals surface area contributed by atoms with E-state index in [1.165, 1.54) is 7.11 Å². The molecule has 0 aliphatic carbocycles. The van der Waals surface area contributed by atoms with Gasteiger partial charge in [0.2, 0.25) is 0 Å². The number of alkyl carbamates (subject to hydrolysis) is 4. The zero-order chi connectivity index (χ0) is 26.9.